The Labute approximate surface area is 277 Å². The van der Waals surface area contributed by atoms with E-state index in [0.29, 0.717) is 17.7 Å². The molecule has 4 N–H and O–H groups in total. The quantitative estimate of drug-likeness (QED) is 0.0287. The SMILES string of the molecule is C=CONc1cc(NS(=O)OCc2cccc(NS(=O)(=O)CCCCCCCCCCCC)c2)cc(S(=O)(=O)N(CC)CC)c1O. The molecule has 0 spiro atoms. The lowest BCUT2D eigenvalue weighted by Crippen LogP contribution is -2.30. The van der Waals surface area contributed by atoms with Gasteiger partial charge >= 0.3 is 0 Å². The number of sulfonamides is 2. The number of hydrogen-bond acceptors (Lipinski definition) is 9. The average molecular weight is 703 g/mol. The fourth-order valence-electron chi connectivity index (χ4n) is 4.73. The van der Waals surface area contributed by atoms with Crippen LogP contribution in [0.15, 0.2) is 54.1 Å². The van der Waals surface area contributed by atoms with Crippen LogP contribution in [0.1, 0.15) is 90.5 Å². The Bertz CT molecular complexity index is 1470. The first-order valence-electron chi connectivity index (χ1n) is 15.8. The summed E-state index contributed by atoms with van der Waals surface area (Å²) in [5.41, 5.74) is 3.28. The number of anilines is 3. The molecule has 0 aliphatic heterocycles. The Hall–Kier alpha value is -2.85. The Kier molecular flexibility index (Phi) is 17.4. The summed E-state index contributed by atoms with van der Waals surface area (Å²) >= 11 is -2.15. The summed E-state index contributed by atoms with van der Waals surface area (Å²) < 4.78 is 76.1. The fraction of sp³-hybridized carbons (Fsp3) is 0.548. The number of rotatable bonds is 25. The van der Waals surface area contributed by atoms with Crippen molar-refractivity contribution in [2.75, 3.05) is 33.8 Å². The normalized spacial score (nSPS) is 12.5. The Morgan fingerprint density at radius 3 is 2.13 bits per heavy atom. The lowest BCUT2D eigenvalue weighted by Gasteiger charge is -2.21. The Balaban J connectivity index is 1.95. The van der Waals surface area contributed by atoms with E-state index in [2.05, 4.69) is 28.4 Å². The van der Waals surface area contributed by atoms with Crippen LogP contribution >= 0.6 is 0 Å². The summed E-state index contributed by atoms with van der Waals surface area (Å²) in [6, 6.07) is 9.02. The number of benzene rings is 2. The van der Waals surface area contributed by atoms with Crippen LogP contribution in [-0.2, 0) is 46.9 Å². The van der Waals surface area contributed by atoms with Gasteiger partial charge in [0.1, 0.15) is 16.8 Å². The fourth-order valence-corrected chi connectivity index (χ4v) is 8.10. The predicted molar refractivity (Wildman–Crippen MR) is 185 cm³/mol. The molecule has 0 heterocycles. The van der Waals surface area contributed by atoms with Gasteiger partial charge in [0, 0.05) is 18.8 Å². The van der Waals surface area contributed by atoms with Gasteiger partial charge in [-0.25, -0.2) is 26.5 Å². The smallest absolute Gasteiger partial charge is 0.262 e. The number of phenolic OH excluding ortho intramolecular Hbond substituents is 1. The van der Waals surface area contributed by atoms with Gasteiger partial charge in [-0.3, -0.25) is 13.6 Å². The molecule has 2 rings (SSSR count). The number of unbranched alkanes of at least 4 members (excludes halogenated alkanes) is 9. The number of hydrogen-bond donors (Lipinski definition) is 4. The standard InChI is InChI=1S/C31H50N4O8S3/c1-5-9-10-11-12-13-14-15-16-17-21-45(38,39)34-27-20-18-19-26(22-27)25-43-44(37)33-28-23-29(32-42-8-4)31(36)30(24-28)46(40,41)35(6-2)7-3/h8,18-20,22-24,32-34,36H,4-7,9-17,21,25H2,1-3H3. The van der Waals surface area contributed by atoms with E-state index >= 15 is 0 Å². The highest BCUT2D eigenvalue weighted by Crippen LogP contribution is 2.36. The topological polar surface area (TPSA) is 163 Å². The van der Waals surface area contributed by atoms with Gasteiger partial charge < -0.3 is 9.94 Å². The molecule has 0 amide bonds. The maximum Gasteiger partial charge on any atom is 0.262 e. The van der Waals surface area contributed by atoms with E-state index in [1.54, 1.807) is 38.1 Å². The second-order valence-corrected chi connectivity index (χ2v) is 15.4. The van der Waals surface area contributed by atoms with Crippen LogP contribution in [0.3, 0.4) is 0 Å². The molecule has 1 unspecified atom stereocenters. The third-order valence-electron chi connectivity index (χ3n) is 7.15. The van der Waals surface area contributed by atoms with Crippen LogP contribution in [0.5, 0.6) is 5.75 Å². The summed E-state index contributed by atoms with van der Waals surface area (Å²) in [6.07, 6.45) is 12.2. The predicted octanol–water partition coefficient (Wildman–Crippen LogP) is 6.78. The molecule has 0 bridgehead atoms. The van der Waals surface area contributed by atoms with Crippen molar-refractivity contribution in [2.45, 2.75) is 96.5 Å². The first-order chi connectivity index (χ1) is 22.0. The van der Waals surface area contributed by atoms with Crippen molar-refractivity contribution in [1.82, 2.24) is 4.31 Å². The number of nitrogens with one attached hydrogen (secondary N) is 3. The van der Waals surface area contributed by atoms with Crippen molar-refractivity contribution in [3.8, 4) is 5.75 Å². The zero-order valence-electron chi connectivity index (χ0n) is 27.1. The molecule has 2 aromatic rings. The zero-order chi connectivity index (χ0) is 34.0. The van der Waals surface area contributed by atoms with Crippen LogP contribution in [0.4, 0.5) is 17.1 Å². The lowest BCUT2D eigenvalue weighted by atomic mass is 10.1. The highest BCUT2D eigenvalue weighted by Gasteiger charge is 2.28. The minimum Gasteiger partial charge on any atom is -0.504 e. The largest absolute Gasteiger partial charge is 0.504 e. The van der Waals surface area contributed by atoms with Crippen molar-refractivity contribution < 1.29 is 35.2 Å². The first-order valence-corrected chi connectivity index (χ1v) is 19.9. The highest BCUT2D eigenvalue weighted by molar-refractivity contribution is 7.92. The van der Waals surface area contributed by atoms with E-state index in [9.17, 15) is 26.2 Å². The second kappa shape index (κ2) is 20.4. The molecule has 0 fully saturated rings. The molecule has 260 valence electrons. The van der Waals surface area contributed by atoms with Crippen LogP contribution in [0.2, 0.25) is 0 Å². The van der Waals surface area contributed by atoms with Gasteiger partial charge in [0.25, 0.3) is 11.3 Å². The number of aromatic hydroxyl groups is 1. The maximum atomic E-state index is 13.2. The minimum absolute atomic E-state index is 0.0332. The van der Waals surface area contributed by atoms with Gasteiger partial charge in [0.2, 0.25) is 20.0 Å². The molecule has 0 aromatic heterocycles. The maximum absolute atomic E-state index is 13.2. The van der Waals surface area contributed by atoms with Crippen molar-refractivity contribution in [1.29, 1.82) is 0 Å². The summed E-state index contributed by atoms with van der Waals surface area (Å²) in [6.45, 7) is 9.15. The van der Waals surface area contributed by atoms with E-state index in [-0.39, 0.29) is 36.8 Å². The molecule has 0 saturated heterocycles. The number of nitrogens with zero attached hydrogens (tertiary/aromatic N) is 1. The molecule has 0 radical (unpaired) electrons. The zero-order valence-corrected chi connectivity index (χ0v) is 29.6. The van der Waals surface area contributed by atoms with Gasteiger partial charge in [-0.15, -0.1) is 0 Å². The van der Waals surface area contributed by atoms with Gasteiger partial charge in [-0.05, 0) is 36.2 Å². The molecule has 1 atom stereocenters. The second-order valence-electron chi connectivity index (χ2n) is 10.7. The van der Waals surface area contributed by atoms with Crippen LogP contribution in [-0.4, -0.2) is 49.3 Å². The molecular weight excluding hydrogens is 653 g/mol. The van der Waals surface area contributed by atoms with Gasteiger partial charge in [-0.1, -0.05) is 97.3 Å². The molecule has 0 saturated carbocycles. The van der Waals surface area contributed by atoms with Crippen molar-refractivity contribution in [3.05, 3.63) is 54.8 Å². The molecule has 0 aliphatic carbocycles. The van der Waals surface area contributed by atoms with E-state index in [1.165, 1.54) is 44.6 Å². The molecular formula is C31H50N4O8S3. The van der Waals surface area contributed by atoms with Gasteiger partial charge in [0.05, 0.1) is 18.0 Å². The van der Waals surface area contributed by atoms with E-state index in [0.717, 1.165) is 35.9 Å². The van der Waals surface area contributed by atoms with Crippen LogP contribution < -0.4 is 14.9 Å². The van der Waals surface area contributed by atoms with E-state index in [1.807, 2.05) is 0 Å². The monoisotopic (exact) mass is 702 g/mol. The first kappa shape index (κ1) is 39.3. The third kappa shape index (κ3) is 13.5. The Morgan fingerprint density at radius 2 is 1.52 bits per heavy atom. The van der Waals surface area contributed by atoms with E-state index < -0.39 is 42.0 Å². The third-order valence-corrected chi connectivity index (χ3v) is 11.3. The summed E-state index contributed by atoms with van der Waals surface area (Å²) in [4.78, 5) is 4.48. The van der Waals surface area contributed by atoms with Crippen LogP contribution in [0, 0.1) is 0 Å². The van der Waals surface area contributed by atoms with Gasteiger partial charge in [0.15, 0.2) is 5.75 Å². The van der Waals surface area contributed by atoms with Crippen LogP contribution in [0.25, 0.3) is 0 Å². The summed E-state index contributed by atoms with van der Waals surface area (Å²) in [5.74, 6) is -0.552. The molecule has 46 heavy (non-hydrogen) atoms. The summed E-state index contributed by atoms with van der Waals surface area (Å²) in [5, 5.41) is 10.7. The molecule has 15 heteroatoms. The van der Waals surface area contributed by atoms with E-state index in [4.69, 9.17) is 9.02 Å². The van der Waals surface area contributed by atoms with Crippen molar-refractivity contribution in [2.24, 2.45) is 0 Å². The van der Waals surface area contributed by atoms with Gasteiger partial charge in [-0.2, -0.15) is 4.31 Å². The molecule has 12 nitrogen and oxygen atoms in total. The molecule has 0 aliphatic rings. The highest BCUT2D eigenvalue weighted by atomic mass is 32.2. The lowest BCUT2D eigenvalue weighted by molar-refractivity contribution is 0.326. The molecule has 2 aromatic carbocycles. The van der Waals surface area contributed by atoms with Crippen molar-refractivity contribution in [3.63, 3.8) is 0 Å². The minimum atomic E-state index is -4.10. The van der Waals surface area contributed by atoms with Crippen molar-refractivity contribution >= 4 is 48.4 Å². The number of phenols is 1. The summed E-state index contributed by atoms with van der Waals surface area (Å²) in [7, 11) is -7.63. The Morgan fingerprint density at radius 1 is 0.891 bits per heavy atom. The average Bonchev–Trinajstić information content (AvgIpc) is 3.01.